The average molecular weight is 224 g/mol. The van der Waals surface area contributed by atoms with Crippen LogP contribution in [0.1, 0.15) is 16.7 Å². The van der Waals surface area contributed by atoms with Crippen molar-refractivity contribution in [2.45, 2.75) is 6.92 Å². The lowest BCUT2D eigenvalue weighted by atomic mass is 9.94. The van der Waals surface area contributed by atoms with Crippen LogP contribution in [0.25, 0.3) is 5.57 Å². The molecule has 86 valence electrons. The highest BCUT2D eigenvalue weighted by atomic mass is 16.2. The van der Waals surface area contributed by atoms with E-state index in [1.807, 2.05) is 36.4 Å². The average Bonchev–Trinajstić information content (AvgIpc) is 2.38. The minimum Gasteiger partial charge on any atom is -0.392 e. The molecule has 0 radical (unpaired) electrons. The summed E-state index contributed by atoms with van der Waals surface area (Å²) >= 11 is 0. The second-order valence-electron chi connectivity index (χ2n) is 3.98. The summed E-state index contributed by atoms with van der Waals surface area (Å²) in [4.78, 5) is 0. The zero-order valence-corrected chi connectivity index (χ0v) is 9.93. The Kier molecular flexibility index (Phi) is 3.73. The van der Waals surface area contributed by atoms with Crippen molar-refractivity contribution in [1.82, 2.24) is 0 Å². The van der Waals surface area contributed by atoms with Gasteiger partial charge in [0.1, 0.15) is 0 Å². The molecule has 0 amide bonds. The van der Waals surface area contributed by atoms with Gasteiger partial charge in [-0.3, -0.25) is 0 Å². The molecule has 0 aliphatic heterocycles. The largest absolute Gasteiger partial charge is 0.392 e. The predicted octanol–water partition coefficient (Wildman–Crippen LogP) is 3.42. The van der Waals surface area contributed by atoms with Crippen molar-refractivity contribution in [3.05, 3.63) is 77.4 Å². The summed E-state index contributed by atoms with van der Waals surface area (Å²) in [5.41, 5.74) is 4.62. The van der Waals surface area contributed by atoms with Crippen LogP contribution >= 0.6 is 0 Å². The van der Waals surface area contributed by atoms with Gasteiger partial charge < -0.3 is 5.11 Å². The van der Waals surface area contributed by atoms with Crippen molar-refractivity contribution in [2.75, 3.05) is 6.61 Å². The molecular weight excluding hydrogens is 208 g/mol. The fourth-order valence-electron chi connectivity index (χ4n) is 1.97. The van der Waals surface area contributed by atoms with Gasteiger partial charge in [-0.15, -0.1) is 0 Å². The molecule has 1 N–H and O–H groups in total. The van der Waals surface area contributed by atoms with Gasteiger partial charge in [0.25, 0.3) is 0 Å². The van der Waals surface area contributed by atoms with Crippen LogP contribution in [0, 0.1) is 6.92 Å². The van der Waals surface area contributed by atoms with E-state index < -0.39 is 0 Å². The Labute approximate surface area is 102 Å². The Morgan fingerprint density at radius 3 is 2.29 bits per heavy atom. The van der Waals surface area contributed by atoms with E-state index in [1.165, 1.54) is 11.1 Å². The third kappa shape index (κ3) is 2.63. The van der Waals surface area contributed by atoms with Crippen LogP contribution in [0.2, 0.25) is 0 Å². The number of hydrogen-bond donors (Lipinski definition) is 1. The van der Waals surface area contributed by atoms with Crippen molar-refractivity contribution in [2.24, 2.45) is 0 Å². The van der Waals surface area contributed by atoms with Crippen LogP contribution in [0.15, 0.2) is 60.7 Å². The molecule has 0 saturated heterocycles. The summed E-state index contributed by atoms with van der Waals surface area (Å²) in [6.07, 6.45) is 1.86. The second kappa shape index (κ2) is 5.46. The highest BCUT2D eigenvalue weighted by Crippen LogP contribution is 2.25. The molecule has 0 aliphatic rings. The van der Waals surface area contributed by atoms with Crippen molar-refractivity contribution in [3.8, 4) is 0 Å². The molecule has 0 bridgehead atoms. The molecule has 0 aromatic heterocycles. The number of hydrogen-bond acceptors (Lipinski definition) is 1. The minimum atomic E-state index is 0.0541. The quantitative estimate of drug-likeness (QED) is 0.847. The molecule has 0 fully saturated rings. The lowest BCUT2D eigenvalue weighted by molar-refractivity contribution is 0.343. The van der Waals surface area contributed by atoms with Gasteiger partial charge >= 0.3 is 0 Å². The summed E-state index contributed by atoms with van der Waals surface area (Å²) in [5.74, 6) is 0. The maximum atomic E-state index is 9.17. The van der Waals surface area contributed by atoms with E-state index in [2.05, 4.69) is 31.2 Å². The molecule has 2 rings (SSSR count). The van der Waals surface area contributed by atoms with E-state index in [0.29, 0.717) is 0 Å². The van der Waals surface area contributed by atoms with Crippen LogP contribution in [-0.4, -0.2) is 11.7 Å². The van der Waals surface area contributed by atoms with Gasteiger partial charge in [0, 0.05) is 0 Å². The molecule has 0 atom stereocenters. The normalized spacial score (nSPS) is 11.5. The lowest BCUT2D eigenvalue weighted by Crippen LogP contribution is -1.92. The molecule has 2 aromatic carbocycles. The van der Waals surface area contributed by atoms with E-state index >= 15 is 0 Å². The van der Waals surface area contributed by atoms with E-state index in [0.717, 1.165) is 11.1 Å². The van der Waals surface area contributed by atoms with Gasteiger partial charge in [0.05, 0.1) is 6.61 Å². The molecule has 0 spiro atoms. The van der Waals surface area contributed by atoms with Crippen LogP contribution in [0.4, 0.5) is 0 Å². The van der Waals surface area contributed by atoms with Gasteiger partial charge in [-0.25, -0.2) is 0 Å². The molecule has 0 aliphatic carbocycles. The maximum absolute atomic E-state index is 9.17. The van der Waals surface area contributed by atoms with Crippen LogP contribution < -0.4 is 0 Å². The Balaban J connectivity index is 2.52. The van der Waals surface area contributed by atoms with Crippen molar-refractivity contribution in [3.63, 3.8) is 0 Å². The van der Waals surface area contributed by atoms with Crippen molar-refractivity contribution >= 4 is 5.57 Å². The smallest absolute Gasteiger partial charge is 0.0621 e. The third-order valence-corrected chi connectivity index (χ3v) is 2.82. The van der Waals surface area contributed by atoms with E-state index in [4.69, 9.17) is 0 Å². The zero-order chi connectivity index (χ0) is 12.1. The van der Waals surface area contributed by atoms with Crippen molar-refractivity contribution in [1.29, 1.82) is 0 Å². The molecule has 0 heterocycles. The van der Waals surface area contributed by atoms with E-state index in [1.54, 1.807) is 0 Å². The summed E-state index contributed by atoms with van der Waals surface area (Å²) < 4.78 is 0. The third-order valence-electron chi connectivity index (χ3n) is 2.82. The van der Waals surface area contributed by atoms with Crippen LogP contribution in [0.5, 0.6) is 0 Å². The van der Waals surface area contributed by atoms with E-state index in [9.17, 15) is 5.11 Å². The van der Waals surface area contributed by atoms with Crippen LogP contribution in [-0.2, 0) is 0 Å². The molecule has 17 heavy (non-hydrogen) atoms. The van der Waals surface area contributed by atoms with Gasteiger partial charge in [0.15, 0.2) is 0 Å². The topological polar surface area (TPSA) is 20.2 Å². The summed E-state index contributed by atoms with van der Waals surface area (Å²) in [6, 6.07) is 18.4. The zero-order valence-electron chi connectivity index (χ0n) is 9.93. The monoisotopic (exact) mass is 224 g/mol. The SMILES string of the molecule is Cc1ccccc1/C(=C/CO)c1ccccc1. The van der Waals surface area contributed by atoms with Gasteiger partial charge in [-0.05, 0) is 29.2 Å². The fraction of sp³-hybridized carbons (Fsp3) is 0.125. The number of benzene rings is 2. The van der Waals surface area contributed by atoms with Gasteiger partial charge in [-0.1, -0.05) is 60.7 Å². The minimum absolute atomic E-state index is 0.0541. The Morgan fingerprint density at radius 2 is 1.65 bits per heavy atom. The van der Waals surface area contributed by atoms with Crippen LogP contribution in [0.3, 0.4) is 0 Å². The summed E-state index contributed by atoms with van der Waals surface area (Å²) in [6.45, 7) is 2.14. The second-order valence-corrected chi connectivity index (χ2v) is 3.98. The highest BCUT2D eigenvalue weighted by molar-refractivity contribution is 5.81. The Morgan fingerprint density at radius 1 is 1.00 bits per heavy atom. The first-order chi connectivity index (χ1) is 8.33. The molecule has 0 unspecified atom stereocenters. The van der Waals surface area contributed by atoms with Crippen molar-refractivity contribution < 1.29 is 5.11 Å². The number of aryl methyl sites for hydroxylation is 1. The Hall–Kier alpha value is -1.86. The van der Waals surface area contributed by atoms with E-state index in [-0.39, 0.29) is 6.61 Å². The van der Waals surface area contributed by atoms with Gasteiger partial charge in [-0.2, -0.15) is 0 Å². The summed E-state index contributed by atoms with van der Waals surface area (Å²) in [7, 11) is 0. The highest BCUT2D eigenvalue weighted by Gasteiger charge is 2.06. The fourth-order valence-corrected chi connectivity index (χ4v) is 1.97. The molecule has 1 heteroatoms. The summed E-state index contributed by atoms with van der Waals surface area (Å²) in [5, 5.41) is 9.17. The molecule has 2 aromatic rings. The molecule has 0 saturated carbocycles. The predicted molar refractivity (Wildman–Crippen MR) is 71.8 cm³/mol. The number of rotatable bonds is 3. The first kappa shape index (κ1) is 11.6. The number of aliphatic hydroxyl groups excluding tert-OH is 1. The first-order valence-corrected chi connectivity index (χ1v) is 5.75. The lowest BCUT2D eigenvalue weighted by Gasteiger charge is -2.11. The number of aliphatic hydroxyl groups is 1. The standard InChI is InChI=1S/C16H16O/c1-13-7-5-6-10-15(13)16(11-12-17)14-8-3-2-4-9-14/h2-11,17H,12H2,1H3/b16-11+. The molecular formula is C16H16O. The Bertz CT molecular complexity index is 512. The maximum Gasteiger partial charge on any atom is 0.0621 e. The van der Waals surface area contributed by atoms with Gasteiger partial charge in [0.2, 0.25) is 0 Å². The molecule has 1 nitrogen and oxygen atoms in total. The first-order valence-electron chi connectivity index (χ1n) is 5.75.